The van der Waals surface area contributed by atoms with Crippen LogP contribution < -0.4 is 5.32 Å². The van der Waals surface area contributed by atoms with E-state index in [4.69, 9.17) is 16.0 Å². The predicted molar refractivity (Wildman–Crippen MR) is 80.4 cm³/mol. The van der Waals surface area contributed by atoms with Gasteiger partial charge in [0.1, 0.15) is 11.3 Å². The molecule has 0 unspecified atom stereocenters. The van der Waals surface area contributed by atoms with Crippen molar-refractivity contribution >= 4 is 38.5 Å². The molecule has 0 saturated heterocycles. The molecule has 1 aromatic carbocycles. The fraction of sp³-hybridized carbons (Fsp3) is 0.429. The lowest BCUT2D eigenvalue weighted by molar-refractivity contribution is 0.509. The second-order valence-corrected chi connectivity index (χ2v) is 5.93. The van der Waals surface area contributed by atoms with Crippen LogP contribution in [0.5, 0.6) is 0 Å². The molecule has 0 radical (unpaired) electrons. The van der Waals surface area contributed by atoms with Crippen molar-refractivity contribution in [3.05, 3.63) is 33.0 Å². The third kappa shape index (κ3) is 2.58. The van der Waals surface area contributed by atoms with Crippen LogP contribution in [0.15, 0.2) is 21.0 Å². The van der Waals surface area contributed by atoms with Gasteiger partial charge in [0.25, 0.3) is 0 Å². The van der Waals surface area contributed by atoms with Crippen molar-refractivity contribution in [1.82, 2.24) is 5.32 Å². The first-order valence-corrected chi connectivity index (χ1v) is 7.32. The highest BCUT2D eigenvalue weighted by molar-refractivity contribution is 9.10. The Bertz CT molecular complexity index is 562. The lowest BCUT2D eigenvalue weighted by Crippen LogP contribution is -2.12. The van der Waals surface area contributed by atoms with Gasteiger partial charge in [-0.3, -0.25) is 0 Å². The maximum absolute atomic E-state index is 6.13. The third-order valence-electron chi connectivity index (χ3n) is 2.94. The molecule has 2 nitrogen and oxygen atoms in total. The number of nitrogens with one attached hydrogen (secondary N) is 1. The zero-order chi connectivity index (χ0) is 13.3. The first-order chi connectivity index (χ1) is 8.54. The van der Waals surface area contributed by atoms with Crippen LogP contribution in [0.4, 0.5) is 0 Å². The molecule has 98 valence electrons. The van der Waals surface area contributed by atoms with Gasteiger partial charge in [-0.1, -0.05) is 32.4 Å². The van der Waals surface area contributed by atoms with Crippen molar-refractivity contribution in [1.29, 1.82) is 0 Å². The van der Waals surface area contributed by atoms with E-state index in [1.807, 2.05) is 12.1 Å². The summed E-state index contributed by atoms with van der Waals surface area (Å²) < 4.78 is 6.89. The second kappa shape index (κ2) is 5.64. The molecule has 2 aromatic rings. The Kier molecular flexibility index (Phi) is 4.36. The van der Waals surface area contributed by atoms with Gasteiger partial charge in [-0.2, -0.15) is 0 Å². The Morgan fingerprint density at radius 1 is 1.39 bits per heavy atom. The Morgan fingerprint density at radius 3 is 2.72 bits per heavy atom. The monoisotopic (exact) mass is 329 g/mol. The van der Waals surface area contributed by atoms with E-state index in [0.717, 1.165) is 39.3 Å². The Labute approximate surface area is 121 Å². The lowest BCUT2D eigenvalue weighted by Gasteiger charge is -2.06. The number of furan rings is 1. The van der Waals surface area contributed by atoms with Gasteiger partial charge in [0.05, 0.1) is 11.0 Å². The van der Waals surface area contributed by atoms with Crippen LogP contribution in [0, 0.1) is 0 Å². The highest BCUT2D eigenvalue weighted by Gasteiger charge is 2.18. The van der Waals surface area contributed by atoms with Crippen molar-refractivity contribution in [3.63, 3.8) is 0 Å². The van der Waals surface area contributed by atoms with E-state index < -0.39 is 0 Å². The molecular formula is C14H17BrClNO. The maximum Gasteiger partial charge on any atom is 0.148 e. The molecule has 0 bridgehead atoms. The summed E-state index contributed by atoms with van der Waals surface area (Å²) in [4.78, 5) is 0. The SMILES string of the molecule is CCNCc1oc2c(Br)cc(Cl)cc2c1C(C)C. The fourth-order valence-electron chi connectivity index (χ4n) is 2.20. The molecule has 0 saturated carbocycles. The van der Waals surface area contributed by atoms with Crippen LogP contribution >= 0.6 is 27.5 Å². The zero-order valence-corrected chi connectivity index (χ0v) is 13.2. The average molecular weight is 331 g/mol. The van der Waals surface area contributed by atoms with E-state index in [1.54, 1.807) is 0 Å². The summed E-state index contributed by atoms with van der Waals surface area (Å²) in [5.41, 5.74) is 2.13. The number of fused-ring (bicyclic) bond motifs is 1. The molecule has 0 spiro atoms. The number of hydrogen-bond donors (Lipinski definition) is 1. The van der Waals surface area contributed by atoms with Gasteiger partial charge in [0.15, 0.2) is 0 Å². The first-order valence-electron chi connectivity index (χ1n) is 6.15. The molecule has 0 atom stereocenters. The molecule has 0 aliphatic rings. The molecule has 0 aliphatic carbocycles. The molecule has 4 heteroatoms. The van der Waals surface area contributed by atoms with Gasteiger partial charge in [-0.25, -0.2) is 0 Å². The molecule has 0 amide bonds. The second-order valence-electron chi connectivity index (χ2n) is 4.64. The summed E-state index contributed by atoms with van der Waals surface area (Å²) in [6.07, 6.45) is 0. The van der Waals surface area contributed by atoms with Crippen molar-refractivity contribution in [2.24, 2.45) is 0 Å². The minimum absolute atomic E-state index is 0.408. The number of benzene rings is 1. The van der Waals surface area contributed by atoms with E-state index in [2.05, 4.69) is 42.0 Å². The van der Waals surface area contributed by atoms with E-state index >= 15 is 0 Å². The van der Waals surface area contributed by atoms with Crippen LogP contribution in [0.2, 0.25) is 5.02 Å². The van der Waals surface area contributed by atoms with Crippen LogP contribution in [0.25, 0.3) is 11.0 Å². The third-order valence-corrected chi connectivity index (χ3v) is 3.74. The zero-order valence-electron chi connectivity index (χ0n) is 10.8. The summed E-state index contributed by atoms with van der Waals surface area (Å²) in [6.45, 7) is 8.12. The van der Waals surface area contributed by atoms with Gasteiger partial charge >= 0.3 is 0 Å². The van der Waals surface area contributed by atoms with Gasteiger partial charge in [-0.05, 0) is 40.5 Å². The van der Waals surface area contributed by atoms with Gasteiger partial charge in [0.2, 0.25) is 0 Å². The van der Waals surface area contributed by atoms with Gasteiger partial charge in [0, 0.05) is 16.0 Å². The minimum Gasteiger partial charge on any atom is -0.458 e. The Hall–Kier alpha value is -0.510. The molecule has 1 heterocycles. The summed E-state index contributed by atoms with van der Waals surface area (Å²) in [6, 6.07) is 3.85. The molecule has 1 N–H and O–H groups in total. The molecule has 2 rings (SSSR count). The van der Waals surface area contributed by atoms with Crippen molar-refractivity contribution < 1.29 is 4.42 Å². The van der Waals surface area contributed by atoms with E-state index in [0.29, 0.717) is 5.92 Å². The van der Waals surface area contributed by atoms with Crippen LogP contribution in [-0.2, 0) is 6.54 Å². The van der Waals surface area contributed by atoms with E-state index in [-0.39, 0.29) is 0 Å². The average Bonchev–Trinajstić information content (AvgIpc) is 2.64. The molecule has 0 aliphatic heterocycles. The number of halogens is 2. The standard InChI is InChI=1S/C14H17BrClNO/c1-4-17-7-12-13(8(2)3)10-5-9(16)6-11(15)14(10)18-12/h5-6,8,17H,4,7H2,1-3H3. The predicted octanol–water partition coefficient (Wildman–Crippen LogP) is 5.08. The topological polar surface area (TPSA) is 25.2 Å². The Balaban J connectivity index is 2.63. The van der Waals surface area contributed by atoms with Crippen LogP contribution in [0.3, 0.4) is 0 Å². The normalized spacial score (nSPS) is 11.7. The van der Waals surface area contributed by atoms with E-state index in [1.165, 1.54) is 5.56 Å². The summed E-state index contributed by atoms with van der Waals surface area (Å²) in [7, 11) is 0. The quantitative estimate of drug-likeness (QED) is 0.845. The lowest BCUT2D eigenvalue weighted by atomic mass is 9.99. The summed E-state index contributed by atoms with van der Waals surface area (Å²) in [5.74, 6) is 1.41. The van der Waals surface area contributed by atoms with Crippen molar-refractivity contribution in [3.8, 4) is 0 Å². The molecule has 18 heavy (non-hydrogen) atoms. The van der Waals surface area contributed by atoms with Crippen LogP contribution in [0.1, 0.15) is 38.0 Å². The molecule has 0 fully saturated rings. The minimum atomic E-state index is 0.408. The summed E-state index contributed by atoms with van der Waals surface area (Å²) >= 11 is 9.64. The summed E-state index contributed by atoms with van der Waals surface area (Å²) in [5, 5.41) is 5.15. The van der Waals surface area contributed by atoms with E-state index in [9.17, 15) is 0 Å². The van der Waals surface area contributed by atoms with Crippen LogP contribution in [-0.4, -0.2) is 6.54 Å². The molecular weight excluding hydrogens is 314 g/mol. The van der Waals surface area contributed by atoms with Gasteiger partial charge in [-0.15, -0.1) is 0 Å². The highest BCUT2D eigenvalue weighted by atomic mass is 79.9. The van der Waals surface area contributed by atoms with Gasteiger partial charge < -0.3 is 9.73 Å². The number of rotatable bonds is 4. The maximum atomic E-state index is 6.13. The van der Waals surface area contributed by atoms with Crippen molar-refractivity contribution in [2.45, 2.75) is 33.2 Å². The highest BCUT2D eigenvalue weighted by Crippen LogP contribution is 2.37. The first kappa shape index (κ1) is 13.9. The largest absolute Gasteiger partial charge is 0.458 e. The fourth-order valence-corrected chi connectivity index (χ4v) is 3.09. The van der Waals surface area contributed by atoms with Crippen molar-refractivity contribution in [2.75, 3.05) is 6.54 Å². The Morgan fingerprint density at radius 2 is 2.11 bits per heavy atom. The smallest absolute Gasteiger partial charge is 0.148 e. The molecule has 1 aromatic heterocycles. The number of hydrogen-bond acceptors (Lipinski definition) is 2.